The van der Waals surface area contributed by atoms with Gasteiger partial charge in [0.25, 0.3) is 5.91 Å². The first-order chi connectivity index (χ1) is 11.6. The van der Waals surface area contributed by atoms with Crippen LogP contribution < -0.4 is 0 Å². The van der Waals surface area contributed by atoms with Gasteiger partial charge in [-0.1, -0.05) is 24.3 Å². The minimum Gasteiger partial charge on any atom is -0.451 e. The quantitative estimate of drug-likeness (QED) is 0.812. The number of aryl methyl sites for hydroxylation is 1. The number of carbonyl (C=O) groups excluding carboxylic acids is 2. The molecule has 1 unspecified atom stereocenters. The molecule has 0 saturated heterocycles. The van der Waals surface area contributed by atoms with E-state index in [-0.39, 0.29) is 18.6 Å². The third-order valence-corrected chi connectivity index (χ3v) is 4.85. The Labute approximate surface area is 149 Å². The van der Waals surface area contributed by atoms with E-state index in [1.54, 1.807) is 24.2 Å². The van der Waals surface area contributed by atoms with Crippen molar-refractivity contribution in [1.82, 2.24) is 9.88 Å². The number of halogens is 1. The number of nitrogens with one attached hydrogen (secondary N) is 1. The number of H-pyrrole nitrogens is 1. The number of esters is 1. The van der Waals surface area contributed by atoms with Crippen LogP contribution in [0.3, 0.4) is 0 Å². The Kier molecular flexibility index (Phi) is 5.04. The average molecular weight is 391 g/mol. The molecule has 126 valence electrons. The molecule has 0 aliphatic heterocycles. The van der Waals surface area contributed by atoms with Gasteiger partial charge in [-0.25, -0.2) is 4.79 Å². The Hall–Kier alpha value is -2.08. The molecule has 1 atom stereocenters. The summed E-state index contributed by atoms with van der Waals surface area (Å²) in [5.41, 5.74) is 2.81. The summed E-state index contributed by atoms with van der Waals surface area (Å²) < 4.78 is 5.88. The number of amides is 1. The van der Waals surface area contributed by atoms with Crippen molar-refractivity contribution in [2.24, 2.45) is 0 Å². The van der Waals surface area contributed by atoms with Gasteiger partial charge in [0.05, 0.1) is 6.04 Å². The van der Waals surface area contributed by atoms with Gasteiger partial charge in [-0.05, 0) is 52.4 Å². The second-order valence-electron chi connectivity index (χ2n) is 5.92. The van der Waals surface area contributed by atoms with E-state index in [2.05, 4.69) is 33.0 Å². The Bertz CT molecular complexity index is 756. The molecule has 1 heterocycles. The smallest absolute Gasteiger partial charge is 0.355 e. The summed E-state index contributed by atoms with van der Waals surface area (Å²) in [6, 6.07) is 9.88. The SMILES string of the molecule is CN(C(=O)COC(=O)c1cc(Br)c[nH]1)C1CCCc2ccccc21. The summed E-state index contributed by atoms with van der Waals surface area (Å²) in [5.74, 6) is -0.734. The van der Waals surface area contributed by atoms with Crippen LogP contribution in [0.5, 0.6) is 0 Å². The van der Waals surface area contributed by atoms with Gasteiger partial charge in [-0.3, -0.25) is 4.79 Å². The number of rotatable bonds is 4. The highest BCUT2D eigenvalue weighted by Crippen LogP contribution is 2.33. The first-order valence-corrected chi connectivity index (χ1v) is 8.70. The van der Waals surface area contributed by atoms with Gasteiger partial charge >= 0.3 is 5.97 Å². The van der Waals surface area contributed by atoms with Crippen molar-refractivity contribution in [3.63, 3.8) is 0 Å². The molecule has 0 radical (unpaired) electrons. The Morgan fingerprint density at radius 3 is 2.92 bits per heavy atom. The Morgan fingerprint density at radius 2 is 2.17 bits per heavy atom. The highest BCUT2D eigenvalue weighted by molar-refractivity contribution is 9.10. The van der Waals surface area contributed by atoms with Gasteiger partial charge in [0, 0.05) is 17.7 Å². The summed E-state index contributed by atoms with van der Waals surface area (Å²) in [6.45, 7) is -0.259. The largest absolute Gasteiger partial charge is 0.451 e. The van der Waals surface area contributed by atoms with E-state index >= 15 is 0 Å². The third-order valence-electron chi connectivity index (χ3n) is 4.39. The molecule has 1 aromatic heterocycles. The Morgan fingerprint density at radius 1 is 1.38 bits per heavy atom. The summed E-state index contributed by atoms with van der Waals surface area (Å²) in [5, 5.41) is 0. The van der Waals surface area contributed by atoms with E-state index in [4.69, 9.17) is 4.74 Å². The maximum Gasteiger partial charge on any atom is 0.355 e. The number of carbonyl (C=O) groups is 2. The lowest BCUT2D eigenvalue weighted by Crippen LogP contribution is -2.36. The number of hydrogen-bond acceptors (Lipinski definition) is 3. The average Bonchev–Trinajstić information content (AvgIpc) is 3.04. The minimum atomic E-state index is -0.536. The lowest BCUT2D eigenvalue weighted by molar-refractivity contribution is -0.135. The molecule has 3 rings (SSSR count). The van der Waals surface area contributed by atoms with Crippen LogP contribution in [0.2, 0.25) is 0 Å². The summed E-state index contributed by atoms with van der Waals surface area (Å²) in [6.07, 6.45) is 4.67. The second-order valence-corrected chi connectivity index (χ2v) is 6.83. The summed E-state index contributed by atoms with van der Waals surface area (Å²) in [7, 11) is 1.77. The van der Waals surface area contributed by atoms with E-state index in [0.29, 0.717) is 5.69 Å². The van der Waals surface area contributed by atoms with Crippen LogP contribution >= 0.6 is 15.9 Å². The molecule has 1 N–H and O–H groups in total. The molecule has 0 saturated carbocycles. The standard InChI is InChI=1S/C18H19BrN2O3/c1-21(16-8-4-6-12-5-2-3-7-14(12)16)17(22)11-24-18(23)15-9-13(19)10-20-15/h2-3,5,7,9-10,16,20H,4,6,8,11H2,1H3. The fourth-order valence-corrected chi connectivity index (χ4v) is 3.44. The molecule has 0 fully saturated rings. The van der Waals surface area contributed by atoms with Crippen LogP contribution in [-0.4, -0.2) is 35.4 Å². The van der Waals surface area contributed by atoms with E-state index in [9.17, 15) is 9.59 Å². The zero-order valence-electron chi connectivity index (χ0n) is 13.4. The van der Waals surface area contributed by atoms with Gasteiger partial charge in [0.2, 0.25) is 0 Å². The van der Waals surface area contributed by atoms with Gasteiger partial charge < -0.3 is 14.6 Å². The lowest BCUT2D eigenvalue weighted by Gasteiger charge is -2.33. The van der Waals surface area contributed by atoms with Gasteiger partial charge in [0.15, 0.2) is 6.61 Å². The number of aromatic amines is 1. The summed E-state index contributed by atoms with van der Waals surface area (Å²) in [4.78, 5) is 28.8. The van der Waals surface area contributed by atoms with E-state index in [1.807, 2.05) is 12.1 Å². The number of ether oxygens (including phenoxy) is 1. The fourth-order valence-electron chi connectivity index (χ4n) is 3.10. The van der Waals surface area contributed by atoms with Crippen molar-refractivity contribution in [1.29, 1.82) is 0 Å². The van der Waals surface area contributed by atoms with Crippen molar-refractivity contribution in [3.05, 3.63) is 57.8 Å². The van der Waals surface area contributed by atoms with Crippen molar-refractivity contribution in [2.75, 3.05) is 13.7 Å². The van der Waals surface area contributed by atoms with Crippen LogP contribution in [0.1, 0.15) is 40.5 Å². The number of hydrogen-bond donors (Lipinski definition) is 1. The molecule has 1 aromatic carbocycles. The van der Waals surface area contributed by atoms with Crippen LogP contribution in [-0.2, 0) is 16.0 Å². The first kappa shape index (κ1) is 16.8. The third kappa shape index (κ3) is 3.53. The zero-order valence-corrected chi connectivity index (χ0v) is 15.0. The Balaban J connectivity index is 1.62. The lowest BCUT2D eigenvalue weighted by atomic mass is 9.87. The molecule has 0 spiro atoms. The maximum atomic E-state index is 12.4. The highest BCUT2D eigenvalue weighted by atomic mass is 79.9. The molecule has 5 nitrogen and oxygen atoms in total. The van der Waals surface area contributed by atoms with Crippen molar-refractivity contribution >= 4 is 27.8 Å². The number of fused-ring (bicyclic) bond motifs is 1. The minimum absolute atomic E-state index is 0.0424. The monoisotopic (exact) mass is 390 g/mol. The van der Waals surface area contributed by atoms with Gasteiger partial charge in [0.1, 0.15) is 5.69 Å². The first-order valence-electron chi connectivity index (χ1n) is 7.91. The molecular weight excluding hydrogens is 372 g/mol. The van der Waals surface area contributed by atoms with E-state index in [1.165, 1.54) is 11.1 Å². The number of benzene rings is 1. The number of aromatic nitrogens is 1. The van der Waals surface area contributed by atoms with E-state index < -0.39 is 5.97 Å². The predicted molar refractivity (Wildman–Crippen MR) is 93.7 cm³/mol. The topological polar surface area (TPSA) is 62.4 Å². The molecule has 2 aromatic rings. The number of likely N-dealkylation sites (N-methyl/N-ethyl adjacent to an activating group) is 1. The highest BCUT2D eigenvalue weighted by Gasteiger charge is 2.27. The normalized spacial score (nSPS) is 16.3. The fraction of sp³-hybridized carbons (Fsp3) is 0.333. The molecule has 6 heteroatoms. The zero-order chi connectivity index (χ0) is 17.1. The van der Waals surface area contributed by atoms with Gasteiger partial charge in [-0.2, -0.15) is 0 Å². The van der Waals surface area contributed by atoms with Crippen LogP contribution in [0, 0.1) is 0 Å². The second kappa shape index (κ2) is 7.21. The van der Waals surface area contributed by atoms with Crippen molar-refractivity contribution in [3.8, 4) is 0 Å². The number of nitrogens with zero attached hydrogens (tertiary/aromatic N) is 1. The summed E-state index contributed by atoms with van der Waals surface area (Å²) >= 11 is 3.26. The maximum absolute atomic E-state index is 12.4. The predicted octanol–water partition coefficient (Wildman–Crippen LogP) is 3.47. The molecule has 24 heavy (non-hydrogen) atoms. The molecule has 1 aliphatic rings. The van der Waals surface area contributed by atoms with Crippen molar-refractivity contribution < 1.29 is 14.3 Å². The molecule has 1 aliphatic carbocycles. The van der Waals surface area contributed by atoms with Crippen LogP contribution in [0.25, 0.3) is 0 Å². The molecular formula is C18H19BrN2O3. The van der Waals surface area contributed by atoms with E-state index in [0.717, 1.165) is 23.7 Å². The van der Waals surface area contributed by atoms with Crippen LogP contribution in [0.4, 0.5) is 0 Å². The van der Waals surface area contributed by atoms with Crippen LogP contribution in [0.15, 0.2) is 41.0 Å². The molecule has 0 bridgehead atoms. The van der Waals surface area contributed by atoms with Gasteiger partial charge in [-0.15, -0.1) is 0 Å². The molecule has 1 amide bonds. The van der Waals surface area contributed by atoms with Crippen molar-refractivity contribution in [2.45, 2.75) is 25.3 Å².